The van der Waals surface area contributed by atoms with Crippen molar-refractivity contribution in [1.82, 2.24) is 20.1 Å². The number of guanidine groups is 1. The molecule has 0 aliphatic carbocycles. The molecule has 1 saturated heterocycles. The Bertz CT molecular complexity index is 736. The Morgan fingerprint density at radius 3 is 2.46 bits per heavy atom. The van der Waals surface area contributed by atoms with Gasteiger partial charge in [0.1, 0.15) is 0 Å². The van der Waals surface area contributed by atoms with Gasteiger partial charge in [0.2, 0.25) is 0 Å². The number of halogens is 2. The first-order valence-electron chi connectivity index (χ1n) is 9.75. The molecule has 2 aromatic rings. The minimum atomic E-state index is 0. The Hall–Kier alpha value is -1.06. The molecule has 1 aromatic carbocycles. The lowest BCUT2D eigenvalue weighted by Crippen LogP contribution is -2.48. The second-order valence-electron chi connectivity index (χ2n) is 7.20. The number of aryl methyl sites for hydroxylation is 1. The summed E-state index contributed by atoms with van der Waals surface area (Å²) in [5.41, 5.74) is 2.61. The zero-order valence-electron chi connectivity index (χ0n) is 16.7. The van der Waals surface area contributed by atoms with Crippen LogP contribution in [0, 0.1) is 0 Å². The molecule has 154 valence electrons. The van der Waals surface area contributed by atoms with Gasteiger partial charge in [-0.1, -0.05) is 28.1 Å². The monoisotopic (exact) mass is 559 g/mol. The fourth-order valence-electron chi connectivity index (χ4n) is 3.42. The number of hydrogen-bond acceptors (Lipinski definition) is 2. The second kappa shape index (κ2) is 11.8. The Morgan fingerprint density at radius 2 is 1.86 bits per heavy atom. The summed E-state index contributed by atoms with van der Waals surface area (Å²) >= 11 is 3.50. The molecule has 1 aliphatic heterocycles. The number of benzene rings is 1. The van der Waals surface area contributed by atoms with E-state index in [0.29, 0.717) is 12.6 Å². The van der Waals surface area contributed by atoms with Gasteiger partial charge in [-0.2, -0.15) is 0 Å². The van der Waals surface area contributed by atoms with Gasteiger partial charge in [-0.3, -0.25) is 4.90 Å². The number of nitrogens with one attached hydrogen (secondary N) is 2. The topological polar surface area (TPSA) is 44.6 Å². The van der Waals surface area contributed by atoms with E-state index >= 15 is 0 Å². The smallest absolute Gasteiger partial charge is 0.191 e. The molecule has 2 heterocycles. The fourth-order valence-corrected chi connectivity index (χ4v) is 3.69. The number of rotatable bonds is 6. The molecular weight excluding hydrogens is 529 g/mol. The zero-order valence-corrected chi connectivity index (χ0v) is 20.6. The molecule has 2 N–H and O–H groups in total. The highest BCUT2D eigenvalue weighted by atomic mass is 127. The molecule has 5 nitrogen and oxygen atoms in total. The summed E-state index contributed by atoms with van der Waals surface area (Å²) in [6.45, 7) is 6.96. The number of likely N-dealkylation sites (tertiary alicyclic amines) is 1. The Balaban J connectivity index is 0.00000280. The summed E-state index contributed by atoms with van der Waals surface area (Å²) in [4.78, 5) is 7.29. The summed E-state index contributed by atoms with van der Waals surface area (Å²) in [5.74, 6) is 0.924. The van der Waals surface area contributed by atoms with Gasteiger partial charge in [0.25, 0.3) is 0 Å². The molecule has 0 amide bonds. The van der Waals surface area contributed by atoms with Gasteiger partial charge in [0.05, 0.1) is 6.54 Å². The van der Waals surface area contributed by atoms with E-state index < -0.39 is 0 Å². The van der Waals surface area contributed by atoms with Crippen LogP contribution in [-0.4, -0.2) is 41.1 Å². The highest BCUT2D eigenvalue weighted by molar-refractivity contribution is 14.0. The van der Waals surface area contributed by atoms with E-state index in [1.165, 1.54) is 11.1 Å². The van der Waals surface area contributed by atoms with Gasteiger partial charge in [-0.25, -0.2) is 4.99 Å². The number of piperidine rings is 1. The highest BCUT2D eigenvalue weighted by Crippen LogP contribution is 2.16. The van der Waals surface area contributed by atoms with E-state index in [4.69, 9.17) is 4.99 Å². The number of hydrogen-bond donors (Lipinski definition) is 2. The van der Waals surface area contributed by atoms with Crippen molar-refractivity contribution in [1.29, 1.82) is 0 Å². The van der Waals surface area contributed by atoms with E-state index in [9.17, 15) is 0 Å². The molecule has 3 rings (SSSR count). The van der Waals surface area contributed by atoms with Crippen molar-refractivity contribution in [2.24, 2.45) is 12.0 Å². The molecule has 0 atom stereocenters. The van der Waals surface area contributed by atoms with Crippen LogP contribution in [0.25, 0.3) is 0 Å². The largest absolute Gasteiger partial charge is 0.357 e. The van der Waals surface area contributed by atoms with Gasteiger partial charge < -0.3 is 15.2 Å². The lowest BCUT2D eigenvalue weighted by Gasteiger charge is -2.33. The zero-order chi connectivity index (χ0) is 19.1. The van der Waals surface area contributed by atoms with Crippen molar-refractivity contribution < 1.29 is 0 Å². The first kappa shape index (κ1) is 23.2. The van der Waals surface area contributed by atoms with Crippen molar-refractivity contribution in [2.75, 3.05) is 19.6 Å². The highest BCUT2D eigenvalue weighted by Gasteiger charge is 2.20. The van der Waals surface area contributed by atoms with Gasteiger partial charge in [-0.15, -0.1) is 24.0 Å². The predicted octanol–water partition coefficient (Wildman–Crippen LogP) is 4.13. The van der Waals surface area contributed by atoms with E-state index in [-0.39, 0.29) is 24.0 Å². The third-order valence-electron chi connectivity index (χ3n) is 4.91. The molecule has 0 saturated carbocycles. The van der Waals surface area contributed by atoms with Crippen LogP contribution in [0.2, 0.25) is 0 Å². The fraction of sp³-hybridized carbons (Fsp3) is 0.476. The molecule has 1 fully saturated rings. The van der Waals surface area contributed by atoms with Gasteiger partial charge in [0, 0.05) is 56.1 Å². The molecule has 0 radical (unpaired) electrons. The SMILES string of the molecule is CCNC(=NCc1ccn(C)c1)NC1CCN(Cc2ccc(Br)cc2)CC1.I. The Kier molecular flexibility index (Phi) is 9.81. The second-order valence-corrected chi connectivity index (χ2v) is 8.12. The predicted molar refractivity (Wildman–Crippen MR) is 131 cm³/mol. The van der Waals surface area contributed by atoms with Crippen molar-refractivity contribution in [2.45, 2.75) is 38.9 Å². The van der Waals surface area contributed by atoms with Crippen LogP contribution in [0.1, 0.15) is 30.9 Å². The summed E-state index contributed by atoms with van der Waals surface area (Å²) in [6, 6.07) is 11.3. The summed E-state index contributed by atoms with van der Waals surface area (Å²) < 4.78 is 3.20. The molecule has 7 heteroatoms. The molecule has 1 aliphatic rings. The third kappa shape index (κ3) is 7.40. The quantitative estimate of drug-likeness (QED) is 0.318. The van der Waals surface area contributed by atoms with Crippen LogP contribution in [0.4, 0.5) is 0 Å². The summed E-state index contributed by atoms with van der Waals surface area (Å²) in [7, 11) is 2.04. The third-order valence-corrected chi connectivity index (χ3v) is 5.43. The average Bonchev–Trinajstić information content (AvgIpc) is 3.09. The molecule has 0 unspecified atom stereocenters. The number of aliphatic imine (C=N–C) groups is 1. The van der Waals surface area contributed by atoms with Crippen LogP contribution in [-0.2, 0) is 20.1 Å². The number of aromatic nitrogens is 1. The van der Waals surface area contributed by atoms with Crippen LogP contribution in [0.3, 0.4) is 0 Å². The first-order chi connectivity index (χ1) is 13.1. The summed E-state index contributed by atoms with van der Waals surface area (Å²) in [6.07, 6.45) is 6.47. The van der Waals surface area contributed by atoms with Gasteiger partial charge >= 0.3 is 0 Å². The van der Waals surface area contributed by atoms with Crippen molar-refractivity contribution in [3.8, 4) is 0 Å². The maximum absolute atomic E-state index is 4.75. The molecule has 0 spiro atoms. The first-order valence-corrected chi connectivity index (χ1v) is 10.5. The maximum Gasteiger partial charge on any atom is 0.191 e. The van der Waals surface area contributed by atoms with E-state index in [0.717, 1.165) is 49.5 Å². The standard InChI is InChI=1S/C21H30BrN5.HI/c1-3-23-21(24-14-18-8-11-26(2)15-18)25-20-9-12-27(13-10-20)16-17-4-6-19(22)7-5-17;/h4-8,11,15,20H,3,9-10,12-14,16H2,1-2H3,(H2,23,24,25);1H. The Morgan fingerprint density at radius 1 is 1.14 bits per heavy atom. The molecule has 0 bridgehead atoms. The summed E-state index contributed by atoms with van der Waals surface area (Å²) in [5, 5.41) is 7.00. The average molecular weight is 560 g/mol. The minimum absolute atomic E-state index is 0. The maximum atomic E-state index is 4.75. The lowest BCUT2D eigenvalue weighted by molar-refractivity contribution is 0.198. The molecular formula is C21H31BrIN5. The van der Waals surface area contributed by atoms with Crippen LogP contribution in [0.15, 0.2) is 52.2 Å². The van der Waals surface area contributed by atoms with E-state index in [1.54, 1.807) is 0 Å². The van der Waals surface area contributed by atoms with Crippen LogP contribution >= 0.6 is 39.9 Å². The van der Waals surface area contributed by atoms with Crippen molar-refractivity contribution in [3.63, 3.8) is 0 Å². The van der Waals surface area contributed by atoms with E-state index in [2.05, 4.69) is 85.7 Å². The van der Waals surface area contributed by atoms with E-state index in [1.807, 2.05) is 7.05 Å². The van der Waals surface area contributed by atoms with Gasteiger partial charge in [-0.05, 0) is 49.1 Å². The van der Waals surface area contributed by atoms with Crippen molar-refractivity contribution in [3.05, 3.63) is 58.3 Å². The Labute approximate surface area is 194 Å². The van der Waals surface area contributed by atoms with Crippen LogP contribution in [0.5, 0.6) is 0 Å². The van der Waals surface area contributed by atoms with Crippen molar-refractivity contribution >= 4 is 45.9 Å². The normalized spacial score (nSPS) is 15.9. The van der Waals surface area contributed by atoms with Gasteiger partial charge in [0.15, 0.2) is 5.96 Å². The molecule has 28 heavy (non-hydrogen) atoms. The minimum Gasteiger partial charge on any atom is -0.357 e. The van der Waals surface area contributed by atoms with Crippen LogP contribution < -0.4 is 10.6 Å². The number of nitrogens with zero attached hydrogens (tertiary/aromatic N) is 3. The molecule has 1 aromatic heterocycles. The lowest BCUT2D eigenvalue weighted by atomic mass is 10.0.